The van der Waals surface area contributed by atoms with Crippen molar-refractivity contribution in [3.8, 4) is 5.75 Å². The lowest BCUT2D eigenvalue weighted by atomic mass is 9.88. The molecule has 3 heterocycles. The van der Waals surface area contributed by atoms with Crippen LogP contribution in [0.3, 0.4) is 0 Å². The standard InChI is InChI=1S/C44H62N8O11/c1-23(2)19-30-42(60)52-21-29(53)20-31(52)43(61)49(8)22-33(55)50(9)36(25(5)24(3)4)40(58)46-26(6)41(59)51(10)37(28-15-12-11-13-16-28)44(62)63-27(7)34(38(56)47-30)48-39(57)35-32(54)17-14-18-45-35/h11-18,23-27,29-31,34,36-37,53-54H,19-22H2,1-10H3,(H,46,58)(H,47,56)(H,48,57)/t25-,26-,27-,29+,30+,31+,34-,36-,37-/m0/s1. The SMILES string of the molecule is CC(C)C[C@H]1NC(=O)[C@@H](NC(=O)c2ncccc2O)[C@H](C)OC(=O)[C@H](c2ccccc2)N(C)C(=O)[C@H](C)NC(=O)[C@H]([C@@H](C)C(C)C)N(C)C(=O)CN(C)C(=O)[C@H]2C[C@@H](O)CN2C1=O. The van der Waals surface area contributed by atoms with E-state index in [4.69, 9.17) is 4.74 Å². The summed E-state index contributed by atoms with van der Waals surface area (Å²) in [6.07, 6.45) is -1.52. The van der Waals surface area contributed by atoms with Crippen LogP contribution in [0.4, 0.5) is 0 Å². The van der Waals surface area contributed by atoms with Crippen LogP contribution in [-0.4, -0.2) is 159 Å². The summed E-state index contributed by atoms with van der Waals surface area (Å²) in [6.45, 7) is 11.1. The minimum absolute atomic E-state index is 0.0335. The molecule has 2 aliphatic heterocycles. The zero-order valence-corrected chi connectivity index (χ0v) is 37.6. The second kappa shape index (κ2) is 21.3. The number of aliphatic hydroxyl groups excluding tert-OH is 1. The Labute approximate surface area is 367 Å². The predicted octanol–water partition coefficient (Wildman–Crippen LogP) is 0.606. The second-order valence-electron chi connectivity index (χ2n) is 17.3. The molecule has 0 bridgehead atoms. The first-order valence-corrected chi connectivity index (χ1v) is 21.1. The van der Waals surface area contributed by atoms with Gasteiger partial charge in [-0.3, -0.25) is 33.6 Å². The number of pyridine rings is 1. The van der Waals surface area contributed by atoms with Gasteiger partial charge in [0.2, 0.25) is 35.4 Å². The molecule has 19 nitrogen and oxygen atoms in total. The Balaban J connectivity index is 1.86. The molecule has 0 saturated carbocycles. The van der Waals surface area contributed by atoms with E-state index < -0.39 is 120 Å². The molecule has 2 aliphatic rings. The molecular formula is C44H62N8O11. The van der Waals surface area contributed by atoms with Gasteiger partial charge in [0.15, 0.2) is 11.7 Å². The summed E-state index contributed by atoms with van der Waals surface area (Å²) in [5.74, 6) is -7.75. The maximum atomic E-state index is 14.5. The topological polar surface area (TPSA) is 248 Å². The van der Waals surface area contributed by atoms with Crippen molar-refractivity contribution in [2.24, 2.45) is 17.8 Å². The summed E-state index contributed by atoms with van der Waals surface area (Å²) in [5, 5.41) is 29.1. The minimum atomic E-state index is -1.74. The molecule has 9 atom stereocenters. The van der Waals surface area contributed by atoms with Gasteiger partial charge in [-0.15, -0.1) is 0 Å². The second-order valence-corrected chi connectivity index (χ2v) is 17.3. The fourth-order valence-electron chi connectivity index (χ4n) is 7.82. The van der Waals surface area contributed by atoms with Crippen molar-refractivity contribution >= 4 is 47.3 Å². The molecule has 1 aromatic carbocycles. The number of rotatable bonds is 7. The predicted molar refractivity (Wildman–Crippen MR) is 228 cm³/mol. The van der Waals surface area contributed by atoms with Crippen LogP contribution in [0.2, 0.25) is 0 Å². The number of amides is 7. The van der Waals surface area contributed by atoms with E-state index in [0.29, 0.717) is 5.56 Å². The average molecular weight is 879 g/mol. The highest BCUT2D eigenvalue weighted by atomic mass is 16.5. The van der Waals surface area contributed by atoms with Gasteiger partial charge in [0, 0.05) is 40.3 Å². The number of nitrogens with zero attached hydrogens (tertiary/aromatic N) is 5. The minimum Gasteiger partial charge on any atom is -0.505 e. The number of esters is 1. The number of hydrogen-bond acceptors (Lipinski definition) is 12. The number of aromatic hydroxyl groups is 1. The van der Waals surface area contributed by atoms with Gasteiger partial charge in [-0.1, -0.05) is 65.0 Å². The van der Waals surface area contributed by atoms with Gasteiger partial charge in [-0.25, -0.2) is 9.78 Å². The van der Waals surface area contributed by atoms with E-state index in [1.807, 2.05) is 13.8 Å². The maximum absolute atomic E-state index is 14.5. The number of carbonyl (C=O) groups is 8. The van der Waals surface area contributed by atoms with E-state index in [0.717, 1.165) is 14.7 Å². The molecule has 2 fully saturated rings. The lowest BCUT2D eigenvalue weighted by Crippen LogP contribution is -2.60. The van der Waals surface area contributed by atoms with Crippen LogP contribution in [-0.2, 0) is 38.3 Å². The lowest BCUT2D eigenvalue weighted by molar-refractivity contribution is -0.161. The molecule has 2 aromatic rings. The Hall–Kier alpha value is -6.11. The van der Waals surface area contributed by atoms with Crippen LogP contribution in [0.5, 0.6) is 5.75 Å². The third-order valence-corrected chi connectivity index (χ3v) is 11.7. The van der Waals surface area contributed by atoms with E-state index in [-0.39, 0.29) is 31.2 Å². The van der Waals surface area contributed by atoms with Crippen LogP contribution >= 0.6 is 0 Å². The molecular weight excluding hydrogens is 817 g/mol. The third kappa shape index (κ3) is 11.9. The lowest BCUT2D eigenvalue weighted by Gasteiger charge is -2.37. The molecule has 7 amide bonds. The number of ether oxygens (including phenoxy) is 1. The van der Waals surface area contributed by atoms with E-state index in [9.17, 15) is 48.6 Å². The highest BCUT2D eigenvalue weighted by Crippen LogP contribution is 2.26. The number of aliphatic hydroxyl groups is 1. The van der Waals surface area contributed by atoms with Gasteiger partial charge in [-0.05, 0) is 55.7 Å². The van der Waals surface area contributed by atoms with E-state index in [1.165, 1.54) is 58.2 Å². The number of nitrogens with one attached hydrogen (secondary N) is 3. The Morgan fingerprint density at radius 1 is 0.873 bits per heavy atom. The van der Waals surface area contributed by atoms with Gasteiger partial charge in [-0.2, -0.15) is 0 Å². The van der Waals surface area contributed by atoms with Crippen LogP contribution in [0.1, 0.15) is 83.4 Å². The molecule has 0 spiro atoms. The maximum Gasteiger partial charge on any atom is 0.333 e. The van der Waals surface area contributed by atoms with Crippen molar-refractivity contribution in [1.29, 1.82) is 0 Å². The van der Waals surface area contributed by atoms with E-state index in [1.54, 1.807) is 51.1 Å². The summed E-state index contributed by atoms with van der Waals surface area (Å²) in [7, 11) is 4.13. The number of hydrogen-bond donors (Lipinski definition) is 5. The summed E-state index contributed by atoms with van der Waals surface area (Å²) < 4.78 is 5.91. The number of cyclic esters (lactones) is 1. The normalized spacial score (nSPS) is 27.0. The third-order valence-electron chi connectivity index (χ3n) is 11.7. The highest BCUT2D eigenvalue weighted by molar-refractivity contribution is 6.00. The molecule has 5 N–H and O–H groups in total. The van der Waals surface area contributed by atoms with Crippen LogP contribution < -0.4 is 16.0 Å². The molecule has 0 aliphatic carbocycles. The van der Waals surface area contributed by atoms with Crippen LogP contribution in [0, 0.1) is 17.8 Å². The molecule has 63 heavy (non-hydrogen) atoms. The fourth-order valence-corrected chi connectivity index (χ4v) is 7.82. The molecule has 4 rings (SSSR count). The number of carbonyl (C=O) groups excluding carboxylic acids is 8. The molecule has 1 aromatic heterocycles. The monoisotopic (exact) mass is 878 g/mol. The molecule has 2 saturated heterocycles. The molecule has 0 unspecified atom stereocenters. The molecule has 344 valence electrons. The van der Waals surface area contributed by atoms with Crippen molar-refractivity contribution < 1.29 is 53.3 Å². The van der Waals surface area contributed by atoms with Crippen molar-refractivity contribution in [3.05, 3.63) is 59.9 Å². The Morgan fingerprint density at radius 3 is 2.13 bits per heavy atom. The van der Waals surface area contributed by atoms with Crippen LogP contribution in [0.15, 0.2) is 48.7 Å². The van der Waals surface area contributed by atoms with Crippen molar-refractivity contribution in [1.82, 2.24) is 40.5 Å². The van der Waals surface area contributed by atoms with Crippen molar-refractivity contribution in [2.45, 2.75) is 110 Å². The summed E-state index contributed by atoms with van der Waals surface area (Å²) >= 11 is 0. The van der Waals surface area contributed by atoms with Crippen LogP contribution in [0.25, 0.3) is 0 Å². The van der Waals surface area contributed by atoms with Gasteiger partial charge in [0.25, 0.3) is 5.91 Å². The summed E-state index contributed by atoms with van der Waals surface area (Å²) in [4.78, 5) is 122. The van der Waals surface area contributed by atoms with Crippen molar-refractivity contribution in [2.75, 3.05) is 34.2 Å². The number of aromatic nitrogens is 1. The highest BCUT2D eigenvalue weighted by Gasteiger charge is 2.45. The quantitative estimate of drug-likeness (QED) is 0.240. The Morgan fingerprint density at radius 2 is 1.52 bits per heavy atom. The molecule has 0 radical (unpaired) electrons. The van der Waals surface area contributed by atoms with E-state index >= 15 is 0 Å². The van der Waals surface area contributed by atoms with E-state index in [2.05, 4.69) is 20.9 Å². The fraction of sp³-hybridized carbons (Fsp3) is 0.568. The van der Waals surface area contributed by atoms with Gasteiger partial charge in [0.05, 0.1) is 12.6 Å². The first-order valence-electron chi connectivity index (χ1n) is 21.1. The first kappa shape index (κ1) is 49.5. The van der Waals surface area contributed by atoms with Crippen molar-refractivity contribution in [3.63, 3.8) is 0 Å². The Bertz CT molecular complexity index is 2020. The smallest absolute Gasteiger partial charge is 0.333 e. The summed E-state index contributed by atoms with van der Waals surface area (Å²) in [6, 6.07) is 2.60. The summed E-state index contributed by atoms with van der Waals surface area (Å²) in [5.41, 5.74) is -0.145. The largest absolute Gasteiger partial charge is 0.505 e. The zero-order chi connectivity index (χ0) is 47.0. The van der Waals surface area contributed by atoms with Gasteiger partial charge in [0.1, 0.15) is 42.1 Å². The van der Waals surface area contributed by atoms with Gasteiger partial charge < -0.3 is 50.5 Å². The number of fused-ring (bicyclic) bond motifs is 1. The van der Waals surface area contributed by atoms with Gasteiger partial charge >= 0.3 is 5.97 Å². The Kier molecular flexibility index (Phi) is 16.8. The average Bonchev–Trinajstić information content (AvgIpc) is 3.62. The first-order chi connectivity index (χ1) is 29.5. The molecule has 19 heteroatoms. The zero-order valence-electron chi connectivity index (χ0n) is 37.6. The number of benzene rings is 1. The number of likely N-dealkylation sites (N-methyl/N-ethyl adjacent to an activating group) is 3.